The third-order valence-electron chi connectivity index (χ3n) is 3.19. The van der Waals surface area contributed by atoms with Crippen LogP contribution in [0, 0.1) is 0 Å². The molecule has 2 rings (SSSR count). The number of hydrogen-bond donors (Lipinski definition) is 3. The monoisotopic (exact) mass is 318 g/mol. The first-order valence-corrected chi connectivity index (χ1v) is 7.16. The minimum atomic E-state index is -1.19. The van der Waals surface area contributed by atoms with Gasteiger partial charge in [-0.25, -0.2) is 4.79 Å². The van der Waals surface area contributed by atoms with E-state index in [0.717, 1.165) is 12.0 Å². The first-order chi connectivity index (χ1) is 11.0. The highest BCUT2D eigenvalue weighted by molar-refractivity contribution is 5.86. The number of benzene rings is 1. The number of carboxylic acid groups (broad SMARTS) is 1. The quantitative estimate of drug-likeness (QED) is 0.751. The fourth-order valence-corrected chi connectivity index (χ4v) is 2.07. The van der Waals surface area contributed by atoms with E-state index in [0.29, 0.717) is 6.42 Å². The van der Waals surface area contributed by atoms with Gasteiger partial charge in [0, 0.05) is 13.3 Å². The van der Waals surface area contributed by atoms with Crippen LogP contribution in [-0.4, -0.2) is 27.3 Å². The van der Waals surface area contributed by atoms with Crippen LogP contribution in [-0.2, 0) is 17.6 Å². The van der Waals surface area contributed by atoms with E-state index >= 15 is 0 Å². The number of hydrogen-bond acceptors (Lipinski definition) is 5. The summed E-state index contributed by atoms with van der Waals surface area (Å²) in [5, 5.41) is 21.2. The van der Waals surface area contributed by atoms with E-state index in [2.05, 4.69) is 27.8 Å². The summed E-state index contributed by atoms with van der Waals surface area (Å²) in [6, 6.07) is 7.08. The van der Waals surface area contributed by atoms with Crippen molar-refractivity contribution in [1.29, 1.82) is 0 Å². The molecule has 3 N–H and O–H groups in total. The lowest BCUT2D eigenvalue weighted by Gasteiger charge is -2.13. The number of aromatic nitrogens is 2. The molecule has 8 nitrogen and oxygen atoms in total. The van der Waals surface area contributed by atoms with Crippen LogP contribution in [0.2, 0.25) is 0 Å². The van der Waals surface area contributed by atoms with Crippen LogP contribution in [0.5, 0.6) is 0 Å². The molecule has 0 saturated heterocycles. The van der Waals surface area contributed by atoms with Crippen LogP contribution in [0.25, 0.3) is 0 Å². The molecule has 0 fully saturated rings. The Bertz CT molecular complexity index is 681. The van der Waals surface area contributed by atoms with E-state index in [1.54, 1.807) is 0 Å². The Morgan fingerprint density at radius 3 is 2.43 bits per heavy atom. The zero-order chi connectivity index (χ0) is 16.8. The highest BCUT2D eigenvalue weighted by atomic mass is 16.4. The predicted molar refractivity (Wildman–Crippen MR) is 82.0 cm³/mol. The maximum atomic E-state index is 11.0. The molecule has 0 spiro atoms. The Labute approximate surface area is 132 Å². The van der Waals surface area contributed by atoms with Crippen LogP contribution >= 0.6 is 0 Å². The van der Waals surface area contributed by atoms with Gasteiger partial charge in [0.15, 0.2) is 0 Å². The average molecular weight is 318 g/mol. The van der Waals surface area contributed by atoms with Gasteiger partial charge in [-0.3, -0.25) is 10.1 Å². The lowest BCUT2D eigenvalue weighted by Crippen LogP contribution is -2.28. The van der Waals surface area contributed by atoms with Crippen molar-refractivity contribution in [3.8, 4) is 0 Å². The fourth-order valence-electron chi connectivity index (χ4n) is 2.07. The Morgan fingerprint density at radius 1 is 1.22 bits per heavy atom. The molecule has 23 heavy (non-hydrogen) atoms. The minimum Gasteiger partial charge on any atom is -0.465 e. The van der Waals surface area contributed by atoms with Gasteiger partial charge in [0.1, 0.15) is 6.04 Å². The summed E-state index contributed by atoms with van der Waals surface area (Å²) in [5.41, 5.74) is 2.13. The predicted octanol–water partition coefficient (Wildman–Crippen LogP) is 2.14. The number of anilines is 1. The van der Waals surface area contributed by atoms with Crippen molar-refractivity contribution < 1.29 is 19.1 Å². The summed E-state index contributed by atoms with van der Waals surface area (Å²) in [5.74, 6) is -0.256. The molecule has 2 aromatic rings. The first-order valence-electron chi connectivity index (χ1n) is 7.16. The second-order valence-corrected chi connectivity index (χ2v) is 5.00. The number of aryl methyl sites for hydroxylation is 1. The van der Waals surface area contributed by atoms with Crippen molar-refractivity contribution in [3.63, 3.8) is 0 Å². The van der Waals surface area contributed by atoms with E-state index in [9.17, 15) is 9.59 Å². The van der Waals surface area contributed by atoms with Crippen molar-refractivity contribution in [2.24, 2.45) is 0 Å². The summed E-state index contributed by atoms with van der Waals surface area (Å²) >= 11 is 0. The second kappa shape index (κ2) is 7.39. The SMILES string of the molecule is CCc1ccc(C[C@H](NC(=O)O)c2nnc(NC(C)=O)o2)cc1. The summed E-state index contributed by atoms with van der Waals surface area (Å²) < 4.78 is 5.29. The Morgan fingerprint density at radius 2 is 1.87 bits per heavy atom. The normalized spacial score (nSPS) is 11.7. The van der Waals surface area contributed by atoms with Gasteiger partial charge in [0.25, 0.3) is 0 Å². The van der Waals surface area contributed by atoms with Crippen LogP contribution < -0.4 is 10.6 Å². The van der Waals surface area contributed by atoms with E-state index in [4.69, 9.17) is 9.52 Å². The molecule has 0 aliphatic heterocycles. The topological polar surface area (TPSA) is 117 Å². The number of carbonyl (C=O) groups is 2. The third-order valence-corrected chi connectivity index (χ3v) is 3.19. The van der Waals surface area contributed by atoms with Crippen molar-refractivity contribution in [3.05, 3.63) is 41.3 Å². The van der Waals surface area contributed by atoms with Crippen LogP contribution in [0.4, 0.5) is 10.8 Å². The summed E-state index contributed by atoms with van der Waals surface area (Å²) in [4.78, 5) is 22.0. The fraction of sp³-hybridized carbons (Fsp3) is 0.333. The molecule has 1 heterocycles. The molecule has 1 aromatic carbocycles. The van der Waals surface area contributed by atoms with Gasteiger partial charge in [-0.2, -0.15) is 0 Å². The highest BCUT2D eigenvalue weighted by Crippen LogP contribution is 2.19. The smallest absolute Gasteiger partial charge is 0.405 e. The zero-order valence-corrected chi connectivity index (χ0v) is 12.9. The van der Waals surface area contributed by atoms with Gasteiger partial charge in [0.2, 0.25) is 11.8 Å². The van der Waals surface area contributed by atoms with Crippen molar-refractivity contribution in [2.45, 2.75) is 32.7 Å². The summed E-state index contributed by atoms with van der Waals surface area (Å²) in [6.45, 7) is 3.37. The van der Waals surface area contributed by atoms with E-state index in [-0.39, 0.29) is 17.8 Å². The number of nitrogens with one attached hydrogen (secondary N) is 2. The van der Waals surface area contributed by atoms with Crippen LogP contribution in [0.15, 0.2) is 28.7 Å². The number of nitrogens with zero attached hydrogens (tertiary/aromatic N) is 2. The molecule has 122 valence electrons. The maximum Gasteiger partial charge on any atom is 0.405 e. The summed E-state index contributed by atoms with van der Waals surface area (Å²) in [7, 11) is 0. The third kappa shape index (κ3) is 4.80. The Kier molecular flexibility index (Phi) is 5.29. The molecule has 1 aromatic heterocycles. The molecule has 0 radical (unpaired) electrons. The van der Waals surface area contributed by atoms with Gasteiger partial charge >= 0.3 is 12.1 Å². The molecule has 0 saturated carbocycles. The number of amides is 2. The largest absolute Gasteiger partial charge is 0.465 e. The molecule has 0 unspecified atom stereocenters. The maximum absolute atomic E-state index is 11.0. The van der Waals surface area contributed by atoms with Crippen molar-refractivity contribution in [2.75, 3.05) is 5.32 Å². The molecule has 0 bridgehead atoms. The average Bonchev–Trinajstić information content (AvgIpc) is 2.94. The van der Waals surface area contributed by atoms with E-state index in [1.165, 1.54) is 12.5 Å². The number of rotatable bonds is 6. The van der Waals surface area contributed by atoms with E-state index < -0.39 is 12.1 Å². The highest BCUT2D eigenvalue weighted by Gasteiger charge is 2.21. The molecule has 2 amide bonds. The van der Waals surface area contributed by atoms with Gasteiger partial charge in [-0.1, -0.05) is 36.3 Å². The second-order valence-electron chi connectivity index (χ2n) is 5.00. The lowest BCUT2D eigenvalue weighted by molar-refractivity contribution is -0.114. The van der Waals surface area contributed by atoms with E-state index in [1.807, 2.05) is 24.3 Å². The van der Waals surface area contributed by atoms with Gasteiger partial charge in [-0.05, 0) is 17.5 Å². The van der Waals surface area contributed by atoms with Gasteiger partial charge in [-0.15, -0.1) is 5.10 Å². The molecule has 0 aliphatic rings. The summed E-state index contributed by atoms with van der Waals surface area (Å²) in [6.07, 6.45) is 0.0955. The molecule has 0 aliphatic carbocycles. The Hall–Kier alpha value is -2.90. The zero-order valence-electron chi connectivity index (χ0n) is 12.9. The van der Waals surface area contributed by atoms with Crippen LogP contribution in [0.1, 0.15) is 36.9 Å². The lowest BCUT2D eigenvalue weighted by atomic mass is 10.0. The minimum absolute atomic E-state index is 0.0639. The van der Waals surface area contributed by atoms with Gasteiger partial charge in [0.05, 0.1) is 0 Å². The van der Waals surface area contributed by atoms with Gasteiger partial charge < -0.3 is 14.8 Å². The van der Waals surface area contributed by atoms with Crippen molar-refractivity contribution >= 4 is 18.0 Å². The molecule has 8 heteroatoms. The first kappa shape index (κ1) is 16.5. The van der Waals surface area contributed by atoms with Crippen molar-refractivity contribution in [1.82, 2.24) is 15.5 Å². The number of carbonyl (C=O) groups excluding carboxylic acids is 1. The van der Waals surface area contributed by atoms with Crippen LogP contribution in [0.3, 0.4) is 0 Å². The molecule has 1 atom stereocenters. The molecular formula is C15H18N4O4. The molecular weight excluding hydrogens is 300 g/mol. The Balaban J connectivity index is 2.16. The standard InChI is InChI=1S/C15H18N4O4/c1-3-10-4-6-11(7-5-10)8-12(17-15(21)22)13-18-19-14(23-13)16-9(2)20/h4-7,12,17H,3,8H2,1-2H3,(H,21,22)(H,16,19,20)/t12-/m0/s1.